The van der Waals surface area contributed by atoms with Crippen LogP contribution in [0.3, 0.4) is 0 Å². The summed E-state index contributed by atoms with van der Waals surface area (Å²) in [6.07, 6.45) is 14.9. The van der Waals surface area contributed by atoms with Crippen LogP contribution >= 0.6 is 0 Å². The van der Waals surface area contributed by atoms with E-state index in [9.17, 15) is 4.79 Å². The zero-order valence-electron chi connectivity index (χ0n) is 13.9. The summed E-state index contributed by atoms with van der Waals surface area (Å²) < 4.78 is 6.53. The number of ether oxygens (including phenoxy) is 1. The fraction of sp³-hybridized carbons (Fsp3) is 0.944. The highest BCUT2D eigenvalue weighted by atomic mass is 16.6. The second-order valence-electron chi connectivity index (χ2n) is 7.48. The largest absolute Gasteiger partial charge is 0.345 e. The van der Waals surface area contributed by atoms with Crippen LogP contribution in [0.2, 0.25) is 0 Å². The predicted octanol–water partition coefficient (Wildman–Crippen LogP) is 2.91. The lowest BCUT2D eigenvalue weighted by Crippen LogP contribution is -2.53. The maximum absolute atomic E-state index is 12.4. The van der Waals surface area contributed by atoms with Crippen molar-refractivity contribution in [3.8, 4) is 0 Å². The molecule has 0 amide bonds. The van der Waals surface area contributed by atoms with Crippen molar-refractivity contribution in [2.24, 2.45) is 0 Å². The molecule has 0 aromatic rings. The van der Waals surface area contributed by atoms with Gasteiger partial charge in [-0.2, -0.15) is 0 Å². The number of hydrogen-bond acceptors (Lipinski definition) is 4. The number of rotatable bonds is 0. The Morgan fingerprint density at radius 3 is 2.00 bits per heavy atom. The average Bonchev–Trinajstić information content (AvgIpc) is 2.87. The molecule has 4 nitrogen and oxygen atoms in total. The summed E-state index contributed by atoms with van der Waals surface area (Å²) in [6.45, 7) is 2.08. The average molecular weight is 308 g/mol. The van der Waals surface area contributed by atoms with Gasteiger partial charge in [0.25, 0.3) is 0 Å². The highest BCUT2D eigenvalue weighted by Gasteiger charge is 2.52. The summed E-state index contributed by atoms with van der Waals surface area (Å²) >= 11 is 0. The lowest BCUT2D eigenvalue weighted by molar-refractivity contribution is -0.160. The van der Waals surface area contributed by atoms with E-state index in [4.69, 9.17) is 4.74 Å². The van der Waals surface area contributed by atoms with E-state index in [-0.39, 0.29) is 11.5 Å². The third kappa shape index (κ3) is 3.72. The van der Waals surface area contributed by atoms with Gasteiger partial charge in [0.15, 0.2) is 5.78 Å². The molecule has 22 heavy (non-hydrogen) atoms. The minimum Gasteiger partial charge on any atom is -0.345 e. The Bertz CT molecular complexity index is 373. The molecule has 126 valence electrons. The van der Waals surface area contributed by atoms with Crippen LogP contribution in [0.1, 0.15) is 77.0 Å². The van der Waals surface area contributed by atoms with Gasteiger partial charge >= 0.3 is 0 Å². The Labute approximate surface area is 134 Å². The van der Waals surface area contributed by atoms with Gasteiger partial charge in [-0.25, -0.2) is 0 Å². The Hall–Kier alpha value is -0.450. The molecule has 1 unspecified atom stereocenters. The number of Topliss-reactive ketones (excluding diaryl/α,β-unsaturated/α-hetero) is 1. The molecular formula is C18H32N2O2. The molecule has 2 aliphatic heterocycles. The highest BCUT2D eigenvalue weighted by Crippen LogP contribution is 2.37. The lowest BCUT2D eigenvalue weighted by Gasteiger charge is -2.36. The quantitative estimate of drug-likeness (QED) is 0.722. The minimum atomic E-state index is -0.539. The number of nitrogens with one attached hydrogen (secondary N) is 2. The van der Waals surface area contributed by atoms with Gasteiger partial charge in [0, 0.05) is 6.54 Å². The normalized spacial score (nSPS) is 34.5. The van der Waals surface area contributed by atoms with Gasteiger partial charge in [0.05, 0.1) is 6.54 Å². The first-order chi connectivity index (χ1) is 10.7. The minimum absolute atomic E-state index is 0.230. The van der Waals surface area contributed by atoms with Gasteiger partial charge in [-0.1, -0.05) is 44.9 Å². The molecular weight excluding hydrogens is 276 g/mol. The summed E-state index contributed by atoms with van der Waals surface area (Å²) in [5.41, 5.74) is -0.769. The predicted molar refractivity (Wildman–Crippen MR) is 87.8 cm³/mol. The van der Waals surface area contributed by atoms with Crippen molar-refractivity contribution >= 4 is 5.78 Å². The van der Waals surface area contributed by atoms with E-state index in [2.05, 4.69) is 10.6 Å². The zero-order chi connectivity index (χ0) is 15.3. The van der Waals surface area contributed by atoms with E-state index in [0.29, 0.717) is 13.1 Å². The summed E-state index contributed by atoms with van der Waals surface area (Å²) in [5, 5.41) is 6.82. The highest BCUT2D eigenvalue weighted by molar-refractivity contribution is 5.90. The maximum Gasteiger partial charge on any atom is 0.179 e. The van der Waals surface area contributed by atoms with Gasteiger partial charge in [-0.15, -0.1) is 0 Å². The molecule has 4 heteroatoms. The van der Waals surface area contributed by atoms with E-state index in [0.717, 1.165) is 25.8 Å². The molecule has 2 saturated heterocycles. The fourth-order valence-electron chi connectivity index (χ4n) is 4.30. The number of piperidine rings is 1. The Morgan fingerprint density at radius 1 is 0.818 bits per heavy atom. The molecule has 1 atom stereocenters. The van der Waals surface area contributed by atoms with Gasteiger partial charge in [0.2, 0.25) is 0 Å². The first-order valence-corrected chi connectivity index (χ1v) is 9.44. The first-order valence-electron chi connectivity index (χ1n) is 9.44. The zero-order valence-corrected chi connectivity index (χ0v) is 13.9. The summed E-state index contributed by atoms with van der Waals surface area (Å²) in [4.78, 5) is 12.4. The van der Waals surface area contributed by atoms with Crippen molar-refractivity contribution in [2.75, 3.05) is 19.6 Å². The number of carbonyl (C=O) groups excluding carboxylic acids is 1. The molecule has 3 rings (SSSR count). The topological polar surface area (TPSA) is 50.4 Å². The van der Waals surface area contributed by atoms with Crippen LogP contribution in [-0.2, 0) is 9.53 Å². The SMILES string of the molecule is O=C1CNCCC12CNC1(CCCCCCCCCCC1)O2. The van der Waals surface area contributed by atoms with E-state index >= 15 is 0 Å². The van der Waals surface area contributed by atoms with E-state index in [1.54, 1.807) is 0 Å². The maximum atomic E-state index is 12.4. The first kappa shape index (κ1) is 16.4. The molecule has 3 aliphatic rings. The molecule has 1 saturated carbocycles. The van der Waals surface area contributed by atoms with Crippen LogP contribution in [0.4, 0.5) is 0 Å². The summed E-state index contributed by atoms with van der Waals surface area (Å²) in [7, 11) is 0. The van der Waals surface area contributed by atoms with E-state index < -0.39 is 5.60 Å². The molecule has 2 heterocycles. The Kier molecular flexibility index (Phi) is 5.53. The molecule has 0 radical (unpaired) electrons. The second kappa shape index (κ2) is 7.41. The Balaban J connectivity index is 1.64. The van der Waals surface area contributed by atoms with Crippen molar-refractivity contribution in [2.45, 2.75) is 88.4 Å². The van der Waals surface area contributed by atoms with Crippen LogP contribution in [0.25, 0.3) is 0 Å². The van der Waals surface area contributed by atoms with Crippen molar-refractivity contribution in [3.05, 3.63) is 0 Å². The number of hydrogen-bond donors (Lipinski definition) is 2. The van der Waals surface area contributed by atoms with E-state index in [1.807, 2.05) is 0 Å². The van der Waals surface area contributed by atoms with E-state index in [1.165, 1.54) is 57.8 Å². The summed E-state index contributed by atoms with van der Waals surface area (Å²) in [5.74, 6) is 0.245. The van der Waals surface area contributed by atoms with Gasteiger partial charge < -0.3 is 10.1 Å². The smallest absolute Gasteiger partial charge is 0.179 e. The Morgan fingerprint density at radius 2 is 1.41 bits per heavy atom. The van der Waals surface area contributed by atoms with Crippen LogP contribution in [0.15, 0.2) is 0 Å². The summed E-state index contributed by atoms with van der Waals surface area (Å²) in [6, 6.07) is 0. The molecule has 0 aromatic heterocycles. The van der Waals surface area contributed by atoms with Crippen molar-refractivity contribution < 1.29 is 9.53 Å². The van der Waals surface area contributed by atoms with Crippen LogP contribution in [0, 0.1) is 0 Å². The van der Waals surface area contributed by atoms with Crippen LogP contribution in [0.5, 0.6) is 0 Å². The number of ketones is 1. The number of carbonyl (C=O) groups is 1. The molecule has 0 bridgehead atoms. The third-order valence-corrected chi connectivity index (χ3v) is 5.75. The second-order valence-corrected chi connectivity index (χ2v) is 7.48. The lowest BCUT2D eigenvalue weighted by atomic mass is 9.91. The van der Waals surface area contributed by atoms with Gasteiger partial charge in [-0.05, 0) is 38.6 Å². The molecule has 3 fully saturated rings. The van der Waals surface area contributed by atoms with Gasteiger partial charge in [-0.3, -0.25) is 10.1 Å². The molecule has 0 aromatic carbocycles. The molecule has 2 spiro atoms. The van der Waals surface area contributed by atoms with Gasteiger partial charge in [0.1, 0.15) is 11.3 Å². The van der Waals surface area contributed by atoms with Crippen LogP contribution in [-0.4, -0.2) is 36.7 Å². The third-order valence-electron chi connectivity index (χ3n) is 5.75. The standard InChI is InChI=1S/C18H32N2O2/c21-16-14-19-13-12-17(16)15-20-18(22-17)10-8-6-4-2-1-3-5-7-9-11-18/h19-20H,1-15H2. The molecule has 2 N–H and O–H groups in total. The van der Waals surface area contributed by atoms with Crippen molar-refractivity contribution in [3.63, 3.8) is 0 Å². The van der Waals surface area contributed by atoms with Crippen molar-refractivity contribution in [1.82, 2.24) is 10.6 Å². The van der Waals surface area contributed by atoms with Crippen LogP contribution < -0.4 is 10.6 Å². The van der Waals surface area contributed by atoms with Crippen molar-refractivity contribution in [1.29, 1.82) is 0 Å². The monoisotopic (exact) mass is 308 g/mol. The fourth-order valence-corrected chi connectivity index (χ4v) is 4.30. The molecule has 1 aliphatic carbocycles.